The first-order chi connectivity index (χ1) is 8.65. The van der Waals surface area contributed by atoms with Gasteiger partial charge in [-0.25, -0.2) is 0 Å². The average molecular weight is 392 g/mol. The van der Waals surface area contributed by atoms with Crippen molar-refractivity contribution in [2.75, 3.05) is 14.2 Å². The van der Waals surface area contributed by atoms with Gasteiger partial charge in [-0.15, -0.1) is 11.3 Å². The minimum atomic E-state index is 0.120. The highest BCUT2D eigenvalue weighted by molar-refractivity contribution is 9.11. The molecule has 0 aliphatic heterocycles. The van der Waals surface area contributed by atoms with E-state index in [1.807, 2.05) is 24.3 Å². The molecule has 96 valence electrons. The molecule has 0 aliphatic carbocycles. The minimum absolute atomic E-state index is 0.120. The number of thiophene rings is 1. The van der Waals surface area contributed by atoms with Crippen molar-refractivity contribution in [1.82, 2.24) is 0 Å². The number of benzene rings is 1. The molecular weight excluding hydrogens is 380 g/mol. The van der Waals surface area contributed by atoms with Crippen molar-refractivity contribution in [1.29, 1.82) is 0 Å². The number of rotatable bonds is 4. The first kappa shape index (κ1) is 13.9. The molecule has 0 bridgehead atoms. The van der Waals surface area contributed by atoms with Crippen LogP contribution in [-0.2, 0) is 0 Å². The molecular formula is C13H12Br2O2S. The molecule has 0 aliphatic rings. The van der Waals surface area contributed by atoms with E-state index in [4.69, 9.17) is 9.47 Å². The molecule has 2 aromatic rings. The van der Waals surface area contributed by atoms with Crippen LogP contribution in [0.4, 0.5) is 0 Å². The minimum Gasteiger partial charge on any atom is -0.497 e. The zero-order chi connectivity index (χ0) is 13.1. The Bertz CT molecular complexity index is 540. The Labute approximate surface area is 127 Å². The van der Waals surface area contributed by atoms with Gasteiger partial charge in [0, 0.05) is 16.5 Å². The van der Waals surface area contributed by atoms with Crippen LogP contribution in [0.2, 0.25) is 0 Å². The number of ether oxygens (including phenoxy) is 2. The lowest BCUT2D eigenvalue weighted by Crippen LogP contribution is -1.96. The maximum atomic E-state index is 5.42. The van der Waals surface area contributed by atoms with Crippen molar-refractivity contribution >= 4 is 43.2 Å². The first-order valence-corrected chi connectivity index (χ1v) is 7.79. The van der Waals surface area contributed by atoms with Gasteiger partial charge >= 0.3 is 0 Å². The summed E-state index contributed by atoms with van der Waals surface area (Å²) in [5.41, 5.74) is 1.09. The number of hydrogen-bond acceptors (Lipinski definition) is 3. The van der Waals surface area contributed by atoms with Gasteiger partial charge in [0.2, 0.25) is 0 Å². The number of alkyl halides is 1. The van der Waals surface area contributed by atoms with Crippen LogP contribution in [0.3, 0.4) is 0 Å². The molecule has 0 fully saturated rings. The lowest BCUT2D eigenvalue weighted by Gasteiger charge is -2.14. The van der Waals surface area contributed by atoms with Gasteiger partial charge in [0.15, 0.2) is 0 Å². The Morgan fingerprint density at radius 1 is 1.11 bits per heavy atom. The molecule has 0 radical (unpaired) electrons. The van der Waals surface area contributed by atoms with Crippen LogP contribution < -0.4 is 9.47 Å². The maximum Gasteiger partial charge on any atom is 0.127 e. The molecule has 0 N–H and O–H groups in total. The van der Waals surface area contributed by atoms with E-state index in [2.05, 4.69) is 37.9 Å². The van der Waals surface area contributed by atoms with E-state index in [9.17, 15) is 0 Å². The number of methoxy groups -OCH3 is 2. The van der Waals surface area contributed by atoms with Gasteiger partial charge < -0.3 is 9.47 Å². The summed E-state index contributed by atoms with van der Waals surface area (Å²) in [6, 6.07) is 9.99. The highest BCUT2D eigenvalue weighted by Gasteiger charge is 2.17. The maximum absolute atomic E-state index is 5.42. The highest BCUT2D eigenvalue weighted by atomic mass is 79.9. The molecule has 0 spiro atoms. The number of hydrogen-bond donors (Lipinski definition) is 0. The second-order valence-corrected chi connectivity index (χ2v) is 7.02. The Balaban J connectivity index is 2.38. The monoisotopic (exact) mass is 390 g/mol. The standard InChI is InChI=1S/C13H12Br2O2S/c1-16-8-3-4-9(10(7-8)17-2)13(15)11-5-6-12(14)18-11/h3-7,13H,1-2H3. The van der Waals surface area contributed by atoms with Crippen LogP contribution in [0.5, 0.6) is 11.5 Å². The summed E-state index contributed by atoms with van der Waals surface area (Å²) >= 11 is 8.89. The fourth-order valence-corrected chi connectivity index (χ4v) is 3.88. The van der Waals surface area contributed by atoms with Gasteiger partial charge in [0.25, 0.3) is 0 Å². The van der Waals surface area contributed by atoms with Crippen LogP contribution in [-0.4, -0.2) is 14.2 Å². The van der Waals surface area contributed by atoms with E-state index >= 15 is 0 Å². The van der Waals surface area contributed by atoms with Crippen molar-refractivity contribution in [3.8, 4) is 11.5 Å². The van der Waals surface area contributed by atoms with Crippen molar-refractivity contribution in [3.63, 3.8) is 0 Å². The van der Waals surface area contributed by atoms with Gasteiger partial charge in [0.1, 0.15) is 11.5 Å². The normalized spacial score (nSPS) is 12.2. The topological polar surface area (TPSA) is 18.5 Å². The summed E-state index contributed by atoms with van der Waals surface area (Å²) in [6.45, 7) is 0. The molecule has 0 saturated heterocycles. The Kier molecular flexibility index (Phi) is 4.70. The molecule has 1 unspecified atom stereocenters. The average Bonchev–Trinajstić information content (AvgIpc) is 2.83. The summed E-state index contributed by atoms with van der Waals surface area (Å²) in [5.74, 6) is 1.61. The van der Waals surface area contributed by atoms with Gasteiger partial charge in [-0.05, 0) is 34.1 Å². The molecule has 18 heavy (non-hydrogen) atoms. The van der Waals surface area contributed by atoms with Crippen LogP contribution in [0.1, 0.15) is 15.3 Å². The SMILES string of the molecule is COc1ccc(C(Br)c2ccc(Br)s2)c(OC)c1. The van der Waals surface area contributed by atoms with Gasteiger partial charge in [0.05, 0.1) is 22.8 Å². The summed E-state index contributed by atoms with van der Waals surface area (Å²) in [4.78, 5) is 1.35. The van der Waals surface area contributed by atoms with E-state index in [0.29, 0.717) is 0 Å². The molecule has 1 aromatic carbocycles. The van der Waals surface area contributed by atoms with Gasteiger partial charge in [-0.3, -0.25) is 0 Å². The van der Waals surface area contributed by atoms with Crippen LogP contribution in [0.15, 0.2) is 34.1 Å². The van der Waals surface area contributed by atoms with E-state index in [-0.39, 0.29) is 4.83 Å². The third kappa shape index (κ3) is 2.90. The molecule has 0 saturated carbocycles. The summed E-state index contributed by atoms with van der Waals surface area (Å²) in [5, 5.41) is 0. The van der Waals surface area contributed by atoms with Crippen LogP contribution >= 0.6 is 43.2 Å². The van der Waals surface area contributed by atoms with Crippen molar-refractivity contribution in [3.05, 3.63) is 44.6 Å². The second kappa shape index (κ2) is 6.08. The van der Waals surface area contributed by atoms with Crippen molar-refractivity contribution in [2.45, 2.75) is 4.83 Å². The number of halogens is 2. The molecule has 5 heteroatoms. The summed E-state index contributed by atoms with van der Waals surface area (Å²) in [6.07, 6.45) is 0. The molecule has 1 aromatic heterocycles. The Morgan fingerprint density at radius 3 is 2.44 bits per heavy atom. The van der Waals surface area contributed by atoms with Crippen LogP contribution in [0, 0.1) is 0 Å². The lowest BCUT2D eigenvalue weighted by molar-refractivity contribution is 0.391. The highest BCUT2D eigenvalue weighted by Crippen LogP contribution is 2.41. The molecule has 2 nitrogen and oxygen atoms in total. The molecule has 1 atom stereocenters. The fourth-order valence-electron chi connectivity index (χ4n) is 1.65. The summed E-state index contributed by atoms with van der Waals surface area (Å²) < 4.78 is 11.7. The van der Waals surface area contributed by atoms with Crippen molar-refractivity contribution < 1.29 is 9.47 Å². The molecule has 0 amide bonds. The van der Waals surface area contributed by atoms with Crippen LogP contribution in [0.25, 0.3) is 0 Å². The quantitative estimate of drug-likeness (QED) is 0.681. The predicted molar refractivity (Wildman–Crippen MR) is 82.3 cm³/mol. The zero-order valence-corrected chi connectivity index (χ0v) is 13.9. The largest absolute Gasteiger partial charge is 0.497 e. The lowest BCUT2D eigenvalue weighted by atomic mass is 10.1. The predicted octanol–water partition coefficient (Wildman–Crippen LogP) is 5.01. The Hall–Kier alpha value is -0.520. The van der Waals surface area contributed by atoms with Gasteiger partial charge in [-0.2, -0.15) is 0 Å². The Morgan fingerprint density at radius 2 is 1.89 bits per heavy atom. The third-order valence-corrected chi connectivity index (χ3v) is 5.54. The zero-order valence-electron chi connectivity index (χ0n) is 9.94. The van der Waals surface area contributed by atoms with Gasteiger partial charge in [-0.1, -0.05) is 22.0 Å². The molecule has 2 rings (SSSR count). The fraction of sp³-hybridized carbons (Fsp3) is 0.231. The van der Waals surface area contributed by atoms with E-state index in [0.717, 1.165) is 20.8 Å². The van der Waals surface area contributed by atoms with E-state index < -0.39 is 0 Å². The van der Waals surface area contributed by atoms with Crippen molar-refractivity contribution in [2.24, 2.45) is 0 Å². The smallest absolute Gasteiger partial charge is 0.127 e. The summed E-state index contributed by atoms with van der Waals surface area (Å²) in [7, 11) is 3.32. The third-order valence-electron chi connectivity index (χ3n) is 2.56. The molecule has 1 heterocycles. The first-order valence-electron chi connectivity index (χ1n) is 5.27. The second-order valence-electron chi connectivity index (χ2n) is 3.61. The van der Waals surface area contributed by atoms with E-state index in [1.165, 1.54) is 4.88 Å². The van der Waals surface area contributed by atoms with E-state index in [1.54, 1.807) is 25.6 Å².